The van der Waals surface area contributed by atoms with E-state index in [2.05, 4.69) is 15.0 Å². The largest absolute Gasteiger partial charge is 0.394 e. The summed E-state index contributed by atoms with van der Waals surface area (Å²) >= 11 is 0. The predicted molar refractivity (Wildman–Crippen MR) is 64.9 cm³/mol. The highest BCUT2D eigenvalue weighted by Crippen LogP contribution is 2.08. The molecule has 5 N–H and O–H groups in total. The molecule has 98 valence electrons. The topological polar surface area (TPSA) is 130 Å². The standard InChI is InChI=1S/C10H15N5O3/c11-10-13-8-7(9(18)14-10)12-5-15(8)3-1-2-6(17)4-16/h5-6,16-17H,1-4H2,(H3,11,13,14,18)/t6-/m0/s1. The Bertz CT molecular complexity index is 591. The molecule has 0 amide bonds. The molecule has 0 unspecified atom stereocenters. The number of nitrogens with zero attached hydrogens (tertiary/aromatic N) is 3. The lowest BCUT2D eigenvalue weighted by molar-refractivity contribution is 0.0857. The molecule has 18 heavy (non-hydrogen) atoms. The average molecular weight is 253 g/mol. The first-order chi connectivity index (χ1) is 8.61. The van der Waals surface area contributed by atoms with Gasteiger partial charge in [0.1, 0.15) is 0 Å². The van der Waals surface area contributed by atoms with Crippen LogP contribution in [0.5, 0.6) is 0 Å². The highest BCUT2D eigenvalue weighted by molar-refractivity contribution is 5.70. The van der Waals surface area contributed by atoms with Gasteiger partial charge in [0.05, 0.1) is 19.0 Å². The molecule has 0 spiro atoms. The third-order valence-electron chi connectivity index (χ3n) is 2.64. The van der Waals surface area contributed by atoms with Crippen LogP contribution >= 0.6 is 0 Å². The Hall–Kier alpha value is -1.93. The van der Waals surface area contributed by atoms with Crippen LogP contribution in [0.25, 0.3) is 11.2 Å². The Morgan fingerprint density at radius 3 is 3.06 bits per heavy atom. The third-order valence-corrected chi connectivity index (χ3v) is 2.64. The zero-order valence-electron chi connectivity index (χ0n) is 9.70. The van der Waals surface area contributed by atoms with E-state index in [1.54, 1.807) is 4.57 Å². The Labute approximate surface area is 102 Å². The van der Waals surface area contributed by atoms with E-state index in [0.717, 1.165) is 0 Å². The van der Waals surface area contributed by atoms with Gasteiger partial charge in [-0.25, -0.2) is 4.98 Å². The first-order valence-corrected chi connectivity index (χ1v) is 5.61. The van der Waals surface area contributed by atoms with Crippen LogP contribution < -0.4 is 11.3 Å². The zero-order valence-corrected chi connectivity index (χ0v) is 9.70. The summed E-state index contributed by atoms with van der Waals surface area (Å²) in [6.45, 7) is 0.291. The molecule has 0 saturated heterocycles. The lowest BCUT2D eigenvalue weighted by Gasteiger charge is -2.07. The van der Waals surface area contributed by atoms with Crippen LogP contribution in [0.2, 0.25) is 0 Å². The van der Waals surface area contributed by atoms with Crippen molar-refractivity contribution in [2.24, 2.45) is 0 Å². The molecule has 2 aromatic heterocycles. The molecule has 2 rings (SSSR count). The number of aromatic nitrogens is 4. The maximum atomic E-state index is 11.5. The average Bonchev–Trinajstić information content (AvgIpc) is 2.72. The minimum Gasteiger partial charge on any atom is -0.394 e. The van der Waals surface area contributed by atoms with E-state index in [1.807, 2.05) is 0 Å². The molecule has 0 aliphatic rings. The molecule has 0 fully saturated rings. The lowest BCUT2D eigenvalue weighted by Crippen LogP contribution is -2.14. The number of fused-ring (bicyclic) bond motifs is 1. The number of aromatic amines is 1. The Morgan fingerprint density at radius 1 is 1.56 bits per heavy atom. The predicted octanol–water partition coefficient (Wildman–Crippen LogP) is -1.16. The van der Waals surface area contributed by atoms with Crippen LogP contribution in [0.15, 0.2) is 11.1 Å². The molecule has 2 heterocycles. The fraction of sp³-hybridized carbons (Fsp3) is 0.500. The second-order valence-electron chi connectivity index (χ2n) is 4.04. The van der Waals surface area contributed by atoms with Crippen molar-refractivity contribution in [2.45, 2.75) is 25.5 Å². The molecule has 0 saturated carbocycles. The first-order valence-electron chi connectivity index (χ1n) is 5.61. The van der Waals surface area contributed by atoms with Crippen molar-refractivity contribution in [3.63, 3.8) is 0 Å². The van der Waals surface area contributed by atoms with Gasteiger partial charge in [-0.2, -0.15) is 4.98 Å². The first kappa shape index (κ1) is 12.5. The van der Waals surface area contributed by atoms with Gasteiger partial charge in [-0.1, -0.05) is 0 Å². The Balaban J connectivity index is 2.17. The fourth-order valence-electron chi connectivity index (χ4n) is 1.72. The molecular formula is C10H15N5O3. The van der Waals surface area contributed by atoms with E-state index >= 15 is 0 Å². The number of aliphatic hydroxyl groups is 2. The van der Waals surface area contributed by atoms with Crippen molar-refractivity contribution in [3.8, 4) is 0 Å². The summed E-state index contributed by atoms with van der Waals surface area (Å²) in [7, 11) is 0. The van der Waals surface area contributed by atoms with E-state index in [1.165, 1.54) is 6.33 Å². The molecular weight excluding hydrogens is 238 g/mol. The van der Waals surface area contributed by atoms with Crippen LogP contribution in [0.4, 0.5) is 5.95 Å². The van der Waals surface area contributed by atoms with Gasteiger partial charge in [-0.15, -0.1) is 0 Å². The molecule has 2 aromatic rings. The summed E-state index contributed by atoms with van der Waals surface area (Å²) in [5.41, 5.74) is 5.77. The van der Waals surface area contributed by atoms with Crippen LogP contribution in [-0.2, 0) is 6.54 Å². The number of nitrogen functional groups attached to an aromatic ring is 1. The van der Waals surface area contributed by atoms with Gasteiger partial charge in [0, 0.05) is 6.54 Å². The van der Waals surface area contributed by atoms with Crippen molar-refractivity contribution in [1.29, 1.82) is 0 Å². The van der Waals surface area contributed by atoms with Gasteiger partial charge in [0.2, 0.25) is 5.95 Å². The van der Waals surface area contributed by atoms with Gasteiger partial charge in [0.25, 0.3) is 5.56 Å². The maximum Gasteiger partial charge on any atom is 0.280 e. The summed E-state index contributed by atoms with van der Waals surface area (Å²) in [5, 5.41) is 17.9. The fourth-order valence-corrected chi connectivity index (χ4v) is 1.72. The van der Waals surface area contributed by atoms with Gasteiger partial charge >= 0.3 is 0 Å². The van der Waals surface area contributed by atoms with Crippen LogP contribution in [0.3, 0.4) is 0 Å². The van der Waals surface area contributed by atoms with Gasteiger partial charge in [-0.3, -0.25) is 9.78 Å². The number of rotatable bonds is 5. The molecule has 0 aliphatic carbocycles. The molecule has 1 atom stereocenters. The summed E-state index contributed by atoms with van der Waals surface area (Å²) in [5.74, 6) is 0.0460. The third kappa shape index (κ3) is 2.49. The SMILES string of the molecule is Nc1nc2c(ncn2CCC[C@H](O)CO)c(=O)[nH]1. The quantitative estimate of drug-likeness (QED) is 0.531. The number of hydrogen-bond acceptors (Lipinski definition) is 6. The minimum atomic E-state index is -0.721. The summed E-state index contributed by atoms with van der Waals surface area (Å²) in [4.78, 5) is 21.9. The second kappa shape index (κ2) is 5.15. The highest BCUT2D eigenvalue weighted by atomic mass is 16.3. The number of aliphatic hydroxyl groups excluding tert-OH is 2. The van der Waals surface area contributed by atoms with Gasteiger partial charge in [-0.05, 0) is 12.8 Å². The smallest absolute Gasteiger partial charge is 0.280 e. The van der Waals surface area contributed by atoms with Crippen molar-refractivity contribution in [2.75, 3.05) is 12.3 Å². The number of nitrogens with one attached hydrogen (secondary N) is 1. The number of imidazole rings is 1. The lowest BCUT2D eigenvalue weighted by atomic mass is 10.2. The van der Waals surface area contributed by atoms with Crippen molar-refractivity contribution in [1.82, 2.24) is 19.5 Å². The zero-order chi connectivity index (χ0) is 13.1. The normalized spacial score (nSPS) is 13.0. The summed E-state index contributed by atoms with van der Waals surface area (Å²) in [6.07, 6.45) is 1.90. The molecule has 8 nitrogen and oxygen atoms in total. The van der Waals surface area contributed by atoms with E-state index in [-0.39, 0.29) is 23.6 Å². The molecule has 0 bridgehead atoms. The van der Waals surface area contributed by atoms with E-state index < -0.39 is 6.10 Å². The van der Waals surface area contributed by atoms with Gasteiger partial charge < -0.3 is 20.5 Å². The summed E-state index contributed by atoms with van der Waals surface area (Å²) in [6, 6.07) is 0. The van der Waals surface area contributed by atoms with Crippen molar-refractivity contribution in [3.05, 3.63) is 16.7 Å². The molecule has 8 heteroatoms. The van der Waals surface area contributed by atoms with Gasteiger partial charge in [0.15, 0.2) is 11.2 Å². The van der Waals surface area contributed by atoms with E-state index in [0.29, 0.717) is 25.0 Å². The number of anilines is 1. The molecule has 0 radical (unpaired) electrons. The minimum absolute atomic E-state index is 0.0460. The molecule has 0 aromatic carbocycles. The van der Waals surface area contributed by atoms with E-state index in [9.17, 15) is 9.90 Å². The highest BCUT2D eigenvalue weighted by Gasteiger charge is 2.09. The van der Waals surface area contributed by atoms with E-state index in [4.69, 9.17) is 10.8 Å². The molecule has 0 aliphatic heterocycles. The van der Waals surface area contributed by atoms with Crippen molar-refractivity contribution >= 4 is 17.1 Å². The van der Waals surface area contributed by atoms with Crippen LogP contribution in [-0.4, -0.2) is 42.4 Å². The van der Waals surface area contributed by atoms with Crippen LogP contribution in [0.1, 0.15) is 12.8 Å². The second-order valence-corrected chi connectivity index (χ2v) is 4.04. The summed E-state index contributed by atoms with van der Waals surface area (Å²) < 4.78 is 1.70. The number of hydrogen-bond donors (Lipinski definition) is 4. The maximum absolute atomic E-state index is 11.5. The monoisotopic (exact) mass is 253 g/mol. The Morgan fingerprint density at radius 2 is 2.33 bits per heavy atom. The number of aryl methyl sites for hydroxylation is 1. The van der Waals surface area contributed by atoms with Crippen molar-refractivity contribution < 1.29 is 10.2 Å². The number of nitrogens with two attached hydrogens (primary N) is 1. The Kier molecular flexibility index (Phi) is 3.58. The number of H-pyrrole nitrogens is 1. The van der Waals surface area contributed by atoms with Crippen LogP contribution in [0, 0.1) is 0 Å².